The molecular formula is C11H13ClN2O3. The fourth-order valence-corrected chi connectivity index (χ4v) is 1.60. The smallest absolute Gasteiger partial charge is 0.305 e. The summed E-state index contributed by atoms with van der Waals surface area (Å²) in [5.41, 5.74) is 1.40. The number of amides is 1. The van der Waals surface area contributed by atoms with Crippen molar-refractivity contribution in [3.8, 4) is 0 Å². The van der Waals surface area contributed by atoms with Crippen molar-refractivity contribution in [1.29, 1.82) is 0 Å². The second kappa shape index (κ2) is 6.22. The largest absolute Gasteiger partial charge is 0.481 e. The van der Waals surface area contributed by atoms with Crippen molar-refractivity contribution in [2.45, 2.75) is 19.4 Å². The monoisotopic (exact) mass is 256 g/mol. The van der Waals surface area contributed by atoms with E-state index in [1.807, 2.05) is 0 Å². The van der Waals surface area contributed by atoms with Gasteiger partial charge in [-0.15, -0.1) is 0 Å². The normalized spacial score (nSPS) is 11.9. The summed E-state index contributed by atoms with van der Waals surface area (Å²) in [6.07, 6.45) is -0.108. The topological polar surface area (TPSA) is 78.4 Å². The van der Waals surface area contributed by atoms with Crippen LogP contribution in [0.25, 0.3) is 0 Å². The summed E-state index contributed by atoms with van der Waals surface area (Å²) < 4.78 is 0. The Balaban J connectivity index is 2.77. The van der Waals surface area contributed by atoms with E-state index >= 15 is 0 Å². The lowest BCUT2D eigenvalue weighted by Crippen LogP contribution is -2.16. The molecule has 3 N–H and O–H groups in total. The van der Waals surface area contributed by atoms with E-state index in [9.17, 15) is 9.59 Å². The number of carbonyl (C=O) groups is 2. The molecule has 1 aromatic carbocycles. The average molecular weight is 257 g/mol. The minimum atomic E-state index is -0.936. The van der Waals surface area contributed by atoms with Crippen molar-refractivity contribution >= 4 is 29.3 Å². The van der Waals surface area contributed by atoms with Crippen molar-refractivity contribution in [3.05, 3.63) is 29.8 Å². The second-order valence-corrected chi connectivity index (χ2v) is 3.78. The van der Waals surface area contributed by atoms with Crippen LogP contribution < -0.4 is 10.2 Å². The molecule has 0 aliphatic carbocycles. The Hall–Kier alpha value is -1.59. The highest BCUT2D eigenvalue weighted by Gasteiger charge is 2.14. The lowest BCUT2D eigenvalue weighted by atomic mass is 10.0. The minimum Gasteiger partial charge on any atom is -0.481 e. The van der Waals surface area contributed by atoms with Gasteiger partial charge in [0.15, 0.2) is 0 Å². The van der Waals surface area contributed by atoms with Gasteiger partial charge in [-0.2, -0.15) is 0 Å². The first-order chi connectivity index (χ1) is 8.02. The van der Waals surface area contributed by atoms with Crippen LogP contribution in [0.15, 0.2) is 24.3 Å². The number of carboxylic acids is 1. The minimum absolute atomic E-state index is 0.108. The summed E-state index contributed by atoms with van der Waals surface area (Å²) >= 11 is 5.49. The van der Waals surface area contributed by atoms with Crippen LogP contribution in [0.4, 0.5) is 5.69 Å². The molecule has 0 aliphatic heterocycles. The average Bonchev–Trinajstić information content (AvgIpc) is 2.26. The van der Waals surface area contributed by atoms with Gasteiger partial charge in [0.05, 0.1) is 12.5 Å². The van der Waals surface area contributed by atoms with Gasteiger partial charge in [0, 0.05) is 12.6 Å². The number of aliphatic carboxylic acids is 1. The van der Waals surface area contributed by atoms with Gasteiger partial charge in [-0.1, -0.05) is 12.1 Å². The van der Waals surface area contributed by atoms with Gasteiger partial charge in [-0.05, 0) is 29.5 Å². The zero-order valence-electron chi connectivity index (χ0n) is 9.24. The van der Waals surface area contributed by atoms with Gasteiger partial charge >= 0.3 is 5.97 Å². The SMILES string of the molecule is CC(=O)Nc1ccc(C(CC(=O)O)NCl)cc1. The molecule has 1 aromatic rings. The number of anilines is 1. The van der Waals surface area contributed by atoms with Crippen LogP contribution in [-0.4, -0.2) is 17.0 Å². The van der Waals surface area contributed by atoms with Crippen molar-refractivity contribution < 1.29 is 14.7 Å². The summed E-state index contributed by atoms with van der Waals surface area (Å²) in [4.78, 5) is 23.8. The fraction of sp³-hybridized carbons (Fsp3) is 0.273. The third-order valence-corrected chi connectivity index (χ3v) is 2.41. The highest BCUT2D eigenvalue weighted by Crippen LogP contribution is 2.19. The standard InChI is InChI=1S/C11H13ClN2O3/c1-7(15)13-9-4-2-8(3-5-9)10(14-12)6-11(16)17/h2-5,10,14H,6H2,1H3,(H,13,15)(H,16,17). The first kappa shape index (κ1) is 13.5. The van der Waals surface area contributed by atoms with Crippen molar-refractivity contribution in [1.82, 2.24) is 4.84 Å². The zero-order chi connectivity index (χ0) is 12.8. The van der Waals surface area contributed by atoms with E-state index < -0.39 is 12.0 Å². The molecule has 0 bridgehead atoms. The predicted octanol–water partition coefficient (Wildman–Crippen LogP) is 1.90. The fourth-order valence-electron chi connectivity index (χ4n) is 1.40. The molecule has 0 aliphatic rings. The third-order valence-electron chi connectivity index (χ3n) is 2.14. The van der Waals surface area contributed by atoms with Crippen LogP contribution in [0.5, 0.6) is 0 Å². The molecule has 0 spiro atoms. The first-order valence-electron chi connectivity index (χ1n) is 4.98. The summed E-state index contributed by atoms with van der Waals surface area (Å²) in [6.45, 7) is 1.42. The number of hydrogen-bond acceptors (Lipinski definition) is 3. The maximum atomic E-state index is 10.8. The van der Waals surface area contributed by atoms with Crippen LogP contribution in [0.1, 0.15) is 24.9 Å². The molecule has 92 valence electrons. The molecule has 17 heavy (non-hydrogen) atoms. The van der Waals surface area contributed by atoms with E-state index in [4.69, 9.17) is 16.9 Å². The molecule has 1 unspecified atom stereocenters. The Morgan fingerprint density at radius 1 is 1.35 bits per heavy atom. The van der Waals surface area contributed by atoms with E-state index in [1.165, 1.54) is 6.92 Å². The summed E-state index contributed by atoms with van der Waals surface area (Å²) in [6, 6.07) is 6.36. The van der Waals surface area contributed by atoms with Crippen LogP contribution in [0.3, 0.4) is 0 Å². The molecule has 0 heterocycles. The molecule has 1 amide bonds. The maximum absolute atomic E-state index is 10.8. The van der Waals surface area contributed by atoms with Crippen LogP contribution in [0, 0.1) is 0 Å². The van der Waals surface area contributed by atoms with Gasteiger partial charge in [-0.3, -0.25) is 9.59 Å². The van der Waals surface area contributed by atoms with Crippen molar-refractivity contribution in [3.63, 3.8) is 0 Å². The Labute approximate surface area is 104 Å². The zero-order valence-corrected chi connectivity index (χ0v) is 9.99. The number of carbonyl (C=O) groups excluding carboxylic acids is 1. The molecule has 6 heteroatoms. The van der Waals surface area contributed by atoms with Crippen LogP contribution >= 0.6 is 11.8 Å². The van der Waals surface area contributed by atoms with Gasteiger partial charge in [-0.25, -0.2) is 4.84 Å². The Kier molecular flexibility index (Phi) is 4.93. The quantitative estimate of drug-likeness (QED) is 0.703. The lowest BCUT2D eigenvalue weighted by Gasteiger charge is -2.13. The van der Waals surface area contributed by atoms with E-state index in [0.717, 1.165) is 5.56 Å². The number of carboxylic acid groups (broad SMARTS) is 1. The first-order valence-corrected chi connectivity index (χ1v) is 5.36. The van der Waals surface area contributed by atoms with Crippen molar-refractivity contribution in [2.24, 2.45) is 0 Å². The molecule has 1 rings (SSSR count). The Morgan fingerprint density at radius 2 is 1.94 bits per heavy atom. The number of hydrogen-bond donors (Lipinski definition) is 3. The number of nitrogens with one attached hydrogen (secondary N) is 2. The molecule has 1 atom stereocenters. The Morgan fingerprint density at radius 3 is 2.35 bits per heavy atom. The van der Waals surface area contributed by atoms with Crippen LogP contribution in [0.2, 0.25) is 0 Å². The molecule has 0 saturated carbocycles. The van der Waals surface area contributed by atoms with E-state index in [1.54, 1.807) is 24.3 Å². The Bertz CT molecular complexity index is 406. The van der Waals surface area contributed by atoms with E-state index in [-0.39, 0.29) is 12.3 Å². The van der Waals surface area contributed by atoms with E-state index in [2.05, 4.69) is 10.2 Å². The number of benzene rings is 1. The molecule has 0 radical (unpaired) electrons. The molecule has 5 nitrogen and oxygen atoms in total. The lowest BCUT2D eigenvalue weighted by molar-refractivity contribution is -0.137. The molecule has 0 aromatic heterocycles. The summed E-state index contributed by atoms with van der Waals surface area (Å²) in [7, 11) is 0. The predicted molar refractivity (Wildman–Crippen MR) is 64.7 cm³/mol. The molecule has 0 saturated heterocycles. The number of rotatable bonds is 5. The summed E-state index contributed by atoms with van der Waals surface area (Å²) in [5, 5.41) is 11.3. The summed E-state index contributed by atoms with van der Waals surface area (Å²) in [5.74, 6) is -1.09. The highest BCUT2D eigenvalue weighted by atomic mass is 35.5. The van der Waals surface area contributed by atoms with E-state index in [0.29, 0.717) is 5.69 Å². The molecule has 0 fully saturated rings. The van der Waals surface area contributed by atoms with Gasteiger partial charge < -0.3 is 10.4 Å². The van der Waals surface area contributed by atoms with Gasteiger partial charge in [0.1, 0.15) is 0 Å². The second-order valence-electron chi connectivity index (χ2n) is 3.56. The van der Waals surface area contributed by atoms with Gasteiger partial charge in [0.2, 0.25) is 5.91 Å². The van der Waals surface area contributed by atoms with Crippen molar-refractivity contribution in [2.75, 3.05) is 5.32 Å². The highest BCUT2D eigenvalue weighted by molar-refractivity contribution is 6.13. The van der Waals surface area contributed by atoms with Gasteiger partial charge in [0.25, 0.3) is 0 Å². The van der Waals surface area contributed by atoms with Crippen LogP contribution in [-0.2, 0) is 9.59 Å². The maximum Gasteiger partial charge on any atom is 0.305 e. The third kappa shape index (κ3) is 4.42. The molecular weight excluding hydrogens is 244 g/mol. The number of halogens is 1.